The molecule has 126 valence electrons. The molecule has 2 aromatic rings. The molecule has 0 amide bonds. The summed E-state index contributed by atoms with van der Waals surface area (Å²) in [4.78, 5) is 0.535. The fourth-order valence-electron chi connectivity index (χ4n) is 2.86. The van der Waals surface area contributed by atoms with Gasteiger partial charge in [-0.05, 0) is 37.1 Å². The van der Waals surface area contributed by atoms with E-state index < -0.39 is 30.2 Å². The summed E-state index contributed by atoms with van der Waals surface area (Å²) < 4.78 is 50.5. The summed E-state index contributed by atoms with van der Waals surface area (Å²) in [5, 5.41) is -1.36. The number of rotatable bonds is 4. The molecule has 2 aromatic carbocycles. The third kappa shape index (κ3) is 3.16. The van der Waals surface area contributed by atoms with Gasteiger partial charge in [-0.3, -0.25) is 0 Å². The number of hydrogen-bond donors (Lipinski definition) is 0. The van der Waals surface area contributed by atoms with E-state index in [4.69, 9.17) is 0 Å². The van der Waals surface area contributed by atoms with E-state index in [0.29, 0.717) is 12.8 Å². The molecule has 6 heteroatoms. The zero-order valence-corrected chi connectivity index (χ0v) is 14.6. The summed E-state index contributed by atoms with van der Waals surface area (Å²) in [5.74, 6) is 0. The highest BCUT2D eigenvalue weighted by Crippen LogP contribution is 2.29. The van der Waals surface area contributed by atoms with Crippen LogP contribution in [-0.4, -0.2) is 27.3 Å². The molecule has 4 nitrogen and oxygen atoms in total. The van der Waals surface area contributed by atoms with Crippen LogP contribution in [0.25, 0.3) is 0 Å². The van der Waals surface area contributed by atoms with Gasteiger partial charge in [0.05, 0.1) is 20.3 Å². The summed E-state index contributed by atoms with van der Waals surface area (Å²) >= 11 is 0. The highest BCUT2D eigenvalue weighted by atomic mass is 32.2. The van der Waals surface area contributed by atoms with E-state index in [2.05, 4.69) is 0 Å². The molecule has 0 saturated heterocycles. The van der Waals surface area contributed by atoms with Gasteiger partial charge in [0, 0.05) is 0 Å². The van der Waals surface area contributed by atoms with Crippen molar-refractivity contribution >= 4 is 19.7 Å². The van der Waals surface area contributed by atoms with Gasteiger partial charge < -0.3 is 0 Å². The molecule has 2 unspecified atom stereocenters. The molecule has 2 atom stereocenters. The van der Waals surface area contributed by atoms with E-state index in [1.807, 2.05) is 0 Å². The Morgan fingerprint density at radius 3 is 1.21 bits per heavy atom. The van der Waals surface area contributed by atoms with Crippen molar-refractivity contribution in [1.82, 2.24) is 0 Å². The highest BCUT2D eigenvalue weighted by molar-refractivity contribution is 7.92. The zero-order chi connectivity index (χ0) is 17.2. The number of hydrogen-bond acceptors (Lipinski definition) is 4. The van der Waals surface area contributed by atoms with Gasteiger partial charge in [-0.1, -0.05) is 48.6 Å². The predicted octanol–water partition coefficient (Wildman–Crippen LogP) is 3.02. The Morgan fingerprint density at radius 2 is 0.917 bits per heavy atom. The molecule has 1 aliphatic rings. The topological polar surface area (TPSA) is 68.3 Å². The Morgan fingerprint density at radius 1 is 0.583 bits per heavy atom. The van der Waals surface area contributed by atoms with Crippen molar-refractivity contribution in [2.45, 2.75) is 33.1 Å². The molecule has 0 saturated carbocycles. The van der Waals surface area contributed by atoms with Crippen LogP contribution in [0.5, 0.6) is 0 Å². The van der Waals surface area contributed by atoms with Crippen LogP contribution in [0.15, 0.2) is 82.6 Å². The molecule has 0 spiro atoms. The van der Waals surface area contributed by atoms with Gasteiger partial charge in [-0.15, -0.1) is 0 Å². The molecule has 3 rings (SSSR count). The first-order valence-electron chi connectivity index (χ1n) is 7.68. The largest absolute Gasteiger partial charge is 0.223 e. The van der Waals surface area contributed by atoms with Gasteiger partial charge >= 0.3 is 0 Å². The zero-order valence-electron chi connectivity index (χ0n) is 12.9. The monoisotopic (exact) mass is 362 g/mol. The van der Waals surface area contributed by atoms with Crippen molar-refractivity contribution in [2.24, 2.45) is 0 Å². The lowest BCUT2D eigenvalue weighted by Gasteiger charge is -2.23. The van der Waals surface area contributed by atoms with Crippen LogP contribution in [0.3, 0.4) is 0 Å². The summed E-state index contributed by atoms with van der Waals surface area (Å²) in [6.45, 7) is 0. The Kier molecular flexibility index (Phi) is 4.60. The normalized spacial score (nSPS) is 21.5. The summed E-state index contributed by atoms with van der Waals surface area (Å²) in [5.41, 5.74) is 0. The number of sulfone groups is 2. The van der Waals surface area contributed by atoms with Crippen molar-refractivity contribution in [3.63, 3.8) is 0 Å². The molecule has 1 aliphatic carbocycles. The molecule has 0 radical (unpaired) electrons. The second-order valence-electron chi connectivity index (χ2n) is 5.76. The molecule has 0 fully saturated rings. The molecular formula is C18H18O4S2. The minimum Gasteiger partial charge on any atom is -0.223 e. The van der Waals surface area contributed by atoms with E-state index in [1.165, 1.54) is 12.2 Å². The van der Waals surface area contributed by atoms with Gasteiger partial charge in [-0.25, -0.2) is 16.8 Å². The van der Waals surface area contributed by atoms with Gasteiger partial charge in [0.1, 0.15) is 0 Å². The van der Waals surface area contributed by atoms with Crippen LogP contribution in [0.4, 0.5) is 0 Å². The van der Waals surface area contributed by atoms with Crippen LogP contribution in [0.1, 0.15) is 12.8 Å². The van der Waals surface area contributed by atoms with Crippen LogP contribution in [0, 0.1) is 0 Å². The third-order valence-electron chi connectivity index (χ3n) is 4.22. The predicted molar refractivity (Wildman–Crippen MR) is 93.2 cm³/mol. The maximum absolute atomic E-state index is 12.6. The Bertz CT molecular complexity index is 852. The van der Waals surface area contributed by atoms with Crippen molar-refractivity contribution in [3.8, 4) is 0 Å². The molecule has 24 heavy (non-hydrogen) atoms. The van der Waals surface area contributed by atoms with Crippen molar-refractivity contribution in [2.75, 3.05) is 0 Å². The van der Waals surface area contributed by atoms with Gasteiger partial charge in [0.25, 0.3) is 0 Å². The molecule has 0 N–H and O–H groups in total. The molecule has 0 heterocycles. The standard InChI is InChI=1S/C18H18O4S2/c19-23(20,15-7-3-1-4-8-15)17-11-13-18(14-12-17)24(21,22)16-9-5-2-6-10-16/h1-11,13,17-18H,12,14H2. The van der Waals surface area contributed by atoms with Crippen molar-refractivity contribution in [1.29, 1.82) is 0 Å². The summed E-state index contributed by atoms with van der Waals surface area (Å²) in [6, 6.07) is 16.5. The lowest BCUT2D eigenvalue weighted by molar-refractivity contribution is 0.562. The maximum Gasteiger partial charge on any atom is 0.184 e. The van der Waals surface area contributed by atoms with Crippen LogP contribution < -0.4 is 0 Å². The minimum atomic E-state index is -3.48. The third-order valence-corrected chi connectivity index (χ3v) is 8.46. The highest BCUT2D eigenvalue weighted by Gasteiger charge is 2.33. The van der Waals surface area contributed by atoms with Crippen LogP contribution >= 0.6 is 0 Å². The van der Waals surface area contributed by atoms with Crippen molar-refractivity contribution in [3.05, 3.63) is 72.8 Å². The number of benzene rings is 2. The second-order valence-corrected chi connectivity index (χ2v) is 10.1. The van der Waals surface area contributed by atoms with E-state index in [0.717, 1.165) is 0 Å². The lowest BCUT2D eigenvalue weighted by Crippen LogP contribution is -2.29. The SMILES string of the molecule is O=S(=O)(c1ccccc1)C1C=CC(S(=O)(=O)c2ccccc2)CC1. The maximum atomic E-state index is 12.6. The average molecular weight is 362 g/mol. The fraction of sp³-hybridized carbons (Fsp3) is 0.222. The smallest absolute Gasteiger partial charge is 0.184 e. The van der Waals surface area contributed by atoms with E-state index in [-0.39, 0.29) is 9.79 Å². The van der Waals surface area contributed by atoms with Crippen LogP contribution in [-0.2, 0) is 19.7 Å². The Labute approximate surface area is 142 Å². The molecular weight excluding hydrogens is 344 g/mol. The first-order valence-corrected chi connectivity index (χ1v) is 10.8. The quantitative estimate of drug-likeness (QED) is 0.784. The lowest BCUT2D eigenvalue weighted by atomic mass is 10.1. The van der Waals surface area contributed by atoms with Gasteiger partial charge in [-0.2, -0.15) is 0 Å². The van der Waals surface area contributed by atoms with Crippen molar-refractivity contribution < 1.29 is 16.8 Å². The average Bonchev–Trinajstić information content (AvgIpc) is 2.63. The molecule has 0 bridgehead atoms. The molecule has 0 aliphatic heterocycles. The van der Waals surface area contributed by atoms with Gasteiger partial charge in [0.15, 0.2) is 19.7 Å². The minimum absolute atomic E-state index is 0.268. The summed E-state index contributed by atoms with van der Waals surface area (Å²) in [7, 11) is -6.95. The second kappa shape index (κ2) is 6.53. The molecule has 0 aromatic heterocycles. The van der Waals surface area contributed by atoms with Gasteiger partial charge in [0.2, 0.25) is 0 Å². The Balaban J connectivity index is 1.85. The first kappa shape index (κ1) is 16.9. The Hall–Kier alpha value is -1.92. The van der Waals surface area contributed by atoms with E-state index in [1.54, 1.807) is 60.7 Å². The van der Waals surface area contributed by atoms with E-state index in [9.17, 15) is 16.8 Å². The van der Waals surface area contributed by atoms with Crippen LogP contribution in [0.2, 0.25) is 0 Å². The van der Waals surface area contributed by atoms with E-state index >= 15 is 0 Å². The fourth-order valence-corrected chi connectivity index (χ4v) is 6.12. The first-order chi connectivity index (χ1) is 11.4. The summed E-state index contributed by atoms with van der Waals surface area (Å²) in [6.07, 6.45) is 3.64.